The van der Waals surface area contributed by atoms with Crippen LogP contribution in [0.15, 0.2) is 4.99 Å². The lowest BCUT2D eigenvalue weighted by Gasteiger charge is -2.23. The van der Waals surface area contributed by atoms with Crippen LogP contribution >= 0.6 is 0 Å². The third-order valence-corrected chi connectivity index (χ3v) is 3.51. The third-order valence-electron chi connectivity index (χ3n) is 3.51. The minimum Gasteiger partial charge on any atom is -0.370 e. The average molecular weight is 209 g/mol. The highest BCUT2D eigenvalue weighted by Crippen LogP contribution is 2.45. The van der Waals surface area contributed by atoms with Gasteiger partial charge in [0.2, 0.25) is 0 Å². The largest absolute Gasteiger partial charge is 0.370 e. The zero-order chi connectivity index (χ0) is 11.1. The Labute approximate surface area is 92.5 Å². The van der Waals surface area contributed by atoms with Gasteiger partial charge in [0.05, 0.1) is 6.04 Å². The normalized spacial score (nSPS) is 35.9. The monoisotopic (exact) mass is 209 g/mol. The summed E-state index contributed by atoms with van der Waals surface area (Å²) in [5.74, 6) is 2.38. The van der Waals surface area contributed by atoms with Crippen LogP contribution in [0.3, 0.4) is 0 Å². The van der Waals surface area contributed by atoms with E-state index in [4.69, 9.17) is 5.73 Å². The smallest absolute Gasteiger partial charge is 0.189 e. The molecule has 0 amide bonds. The van der Waals surface area contributed by atoms with E-state index in [0.29, 0.717) is 12.0 Å². The Hall–Kier alpha value is -0.730. The fraction of sp³-hybridized carbons (Fsp3) is 0.917. The second kappa shape index (κ2) is 3.69. The topological polar surface area (TPSA) is 50.4 Å². The van der Waals surface area contributed by atoms with Crippen molar-refractivity contribution in [3.8, 4) is 0 Å². The molecule has 2 saturated carbocycles. The van der Waals surface area contributed by atoms with E-state index in [1.807, 2.05) is 0 Å². The molecular weight excluding hydrogens is 186 g/mol. The minimum absolute atomic E-state index is 0.0191. The first-order valence-electron chi connectivity index (χ1n) is 6.05. The van der Waals surface area contributed by atoms with Gasteiger partial charge in [-0.1, -0.05) is 6.42 Å². The van der Waals surface area contributed by atoms with Gasteiger partial charge in [0.25, 0.3) is 0 Å². The lowest BCUT2D eigenvalue weighted by molar-refractivity contribution is 0.416. The van der Waals surface area contributed by atoms with Crippen LogP contribution in [0, 0.1) is 11.8 Å². The Balaban J connectivity index is 1.93. The van der Waals surface area contributed by atoms with Gasteiger partial charge in [0, 0.05) is 5.54 Å². The van der Waals surface area contributed by atoms with E-state index >= 15 is 0 Å². The standard InChI is InChI=1S/C12H23N3/c1-12(2,3)15-11(13)14-10-7-8-4-5-9(10)6-8/h8-10H,4-7H2,1-3H3,(H3,13,14,15). The van der Waals surface area contributed by atoms with Crippen molar-refractivity contribution in [2.45, 2.75) is 58.0 Å². The number of nitrogens with two attached hydrogens (primary N) is 1. The van der Waals surface area contributed by atoms with Gasteiger partial charge in [-0.25, -0.2) is 4.99 Å². The first-order chi connectivity index (χ1) is 6.94. The van der Waals surface area contributed by atoms with Crippen LogP contribution in [0.25, 0.3) is 0 Å². The Morgan fingerprint density at radius 3 is 2.47 bits per heavy atom. The van der Waals surface area contributed by atoms with Crippen LogP contribution in [0.1, 0.15) is 46.5 Å². The Morgan fingerprint density at radius 1 is 1.27 bits per heavy atom. The van der Waals surface area contributed by atoms with Gasteiger partial charge in [0.1, 0.15) is 0 Å². The van der Waals surface area contributed by atoms with Crippen LogP contribution in [0.5, 0.6) is 0 Å². The molecule has 3 unspecified atom stereocenters. The number of hydrogen-bond acceptors (Lipinski definition) is 1. The second-order valence-corrected chi connectivity index (χ2v) is 6.13. The van der Waals surface area contributed by atoms with Gasteiger partial charge in [-0.15, -0.1) is 0 Å². The molecule has 3 heteroatoms. The first kappa shape index (κ1) is 10.8. The van der Waals surface area contributed by atoms with Crippen molar-refractivity contribution in [3.63, 3.8) is 0 Å². The lowest BCUT2D eigenvalue weighted by atomic mass is 9.96. The number of nitrogens with zero attached hydrogens (tertiary/aromatic N) is 1. The average Bonchev–Trinajstić information content (AvgIpc) is 2.60. The van der Waals surface area contributed by atoms with Crippen molar-refractivity contribution in [2.24, 2.45) is 22.6 Å². The molecule has 3 nitrogen and oxygen atoms in total. The van der Waals surface area contributed by atoms with E-state index in [-0.39, 0.29) is 5.54 Å². The van der Waals surface area contributed by atoms with Crippen LogP contribution in [0.2, 0.25) is 0 Å². The van der Waals surface area contributed by atoms with Gasteiger partial charge in [-0.05, 0) is 51.9 Å². The van der Waals surface area contributed by atoms with Crippen LogP contribution < -0.4 is 11.1 Å². The number of rotatable bonds is 1. The molecular formula is C12H23N3. The van der Waals surface area contributed by atoms with E-state index in [1.165, 1.54) is 25.7 Å². The van der Waals surface area contributed by atoms with Gasteiger partial charge in [0.15, 0.2) is 5.96 Å². The predicted octanol–water partition coefficient (Wildman–Crippen LogP) is 1.88. The molecule has 3 atom stereocenters. The van der Waals surface area contributed by atoms with Crippen LogP contribution in [-0.4, -0.2) is 17.5 Å². The van der Waals surface area contributed by atoms with Crippen molar-refractivity contribution in [1.29, 1.82) is 0 Å². The highest BCUT2D eigenvalue weighted by Gasteiger charge is 2.39. The third kappa shape index (κ3) is 2.64. The Morgan fingerprint density at radius 2 is 2.00 bits per heavy atom. The predicted molar refractivity (Wildman–Crippen MR) is 63.7 cm³/mol. The molecule has 0 aromatic heterocycles. The van der Waals surface area contributed by atoms with Gasteiger partial charge in [-0.3, -0.25) is 0 Å². The van der Waals surface area contributed by atoms with Crippen LogP contribution in [-0.2, 0) is 0 Å². The molecule has 0 aromatic carbocycles. The molecule has 2 rings (SSSR count). The SMILES string of the molecule is CC(C)(C)NC(N)=NC1CC2CCC1C2. The van der Waals surface area contributed by atoms with E-state index in [0.717, 1.165) is 11.8 Å². The molecule has 0 aliphatic heterocycles. The molecule has 2 aliphatic carbocycles. The highest BCUT2D eigenvalue weighted by molar-refractivity contribution is 5.78. The second-order valence-electron chi connectivity index (χ2n) is 6.13. The maximum atomic E-state index is 5.91. The molecule has 2 fully saturated rings. The summed E-state index contributed by atoms with van der Waals surface area (Å²) in [4.78, 5) is 4.63. The quantitative estimate of drug-likeness (QED) is 0.512. The Kier molecular flexibility index (Phi) is 2.65. The van der Waals surface area contributed by atoms with Crippen molar-refractivity contribution in [2.75, 3.05) is 0 Å². The van der Waals surface area contributed by atoms with Gasteiger partial charge >= 0.3 is 0 Å². The fourth-order valence-electron chi connectivity index (χ4n) is 2.96. The van der Waals surface area contributed by atoms with Gasteiger partial charge < -0.3 is 11.1 Å². The maximum absolute atomic E-state index is 5.91. The summed E-state index contributed by atoms with van der Waals surface area (Å²) in [7, 11) is 0. The molecule has 0 saturated heterocycles. The summed E-state index contributed by atoms with van der Waals surface area (Å²) in [6, 6.07) is 0.499. The molecule has 0 aromatic rings. The summed E-state index contributed by atoms with van der Waals surface area (Å²) >= 11 is 0. The summed E-state index contributed by atoms with van der Waals surface area (Å²) < 4.78 is 0. The Bertz CT molecular complexity index is 265. The zero-order valence-electron chi connectivity index (χ0n) is 10.1. The first-order valence-corrected chi connectivity index (χ1v) is 6.05. The summed E-state index contributed by atoms with van der Waals surface area (Å²) in [5.41, 5.74) is 5.93. The maximum Gasteiger partial charge on any atom is 0.189 e. The molecule has 0 radical (unpaired) electrons. The number of aliphatic imine (C=N–C) groups is 1. The highest BCUT2D eigenvalue weighted by atomic mass is 15.1. The van der Waals surface area contributed by atoms with E-state index in [9.17, 15) is 0 Å². The number of hydrogen-bond donors (Lipinski definition) is 2. The van der Waals surface area contributed by atoms with E-state index in [2.05, 4.69) is 31.1 Å². The molecule has 2 aliphatic rings. The molecule has 0 spiro atoms. The zero-order valence-corrected chi connectivity index (χ0v) is 10.1. The summed E-state index contributed by atoms with van der Waals surface area (Å²) in [5, 5.41) is 3.23. The van der Waals surface area contributed by atoms with Crippen molar-refractivity contribution in [1.82, 2.24) is 5.32 Å². The summed E-state index contributed by atoms with van der Waals surface area (Å²) in [6.45, 7) is 6.32. The minimum atomic E-state index is 0.0191. The lowest BCUT2D eigenvalue weighted by Crippen LogP contribution is -2.45. The molecule has 86 valence electrons. The van der Waals surface area contributed by atoms with Crippen molar-refractivity contribution >= 4 is 5.96 Å². The number of guanidine groups is 1. The van der Waals surface area contributed by atoms with Crippen molar-refractivity contribution in [3.05, 3.63) is 0 Å². The molecule has 3 N–H and O–H groups in total. The molecule has 2 bridgehead atoms. The van der Waals surface area contributed by atoms with Crippen LogP contribution in [0.4, 0.5) is 0 Å². The number of fused-ring (bicyclic) bond motifs is 2. The van der Waals surface area contributed by atoms with Crippen molar-refractivity contribution < 1.29 is 0 Å². The molecule has 0 heterocycles. The van der Waals surface area contributed by atoms with Gasteiger partial charge in [-0.2, -0.15) is 0 Å². The van der Waals surface area contributed by atoms with E-state index in [1.54, 1.807) is 0 Å². The summed E-state index contributed by atoms with van der Waals surface area (Å²) in [6.07, 6.45) is 5.43. The number of nitrogens with one attached hydrogen (secondary N) is 1. The molecule has 15 heavy (non-hydrogen) atoms. The van der Waals surface area contributed by atoms with E-state index < -0.39 is 0 Å². The fourth-order valence-corrected chi connectivity index (χ4v) is 2.96.